The molecule has 0 saturated heterocycles. The summed E-state index contributed by atoms with van der Waals surface area (Å²) in [5, 5.41) is 0. The first-order valence-electron chi connectivity index (χ1n) is 8.36. The van der Waals surface area contributed by atoms with Crippen LogP contribution in [-0.2, 0) is 0 Å². The summed E-state index contributed by atoms with van der Waals surface area (Å²) in [6.07, 6.45) is 8.54. The number of allylic oxidation sites excluding steroid dienone is 4. The molecule has 25 heavy (non-hydrogen) atoms. The molecule has 122 valence electrons. The van der Waals surface area contributed by atoms with Gasteiger partial charge in [-0.05, 0) is 36.6 Å². The molecule has 0 N–H and O–H groups in total. The molecule has 1 heterocycles. The molecule has 1 aliphatic carbocycles. The van der Waals surface area contributed by atoms with Gasteiger partial charge in [-0.15, -0.1) is 0 Å². The van der Waals surface area contributed by atoms with E-state index in [0.717, 1.165) is 45.7 Å². The van der Waals surface area contributed by atoms with Gasteiger partial charge < -0.3 is 0 Å². The van der Waals surface area contributed by atoms with Crippen LogP contribution in [0.2, 0.25) is 0 Å². The van der Waals surface area contributed by atoms with E-state index in [2.05, 4.69) is 52.4 Å². The molecule has 0 saturated carbocycles. The van der Waals surface area contributed by atoms with Crippen LogP contribution >= 0.6 is 15.9 Å². The first kappa shape index (κ1) is 16.0. The number of halogens is 1. The lowest BCUT2D eigenvalue weighted by atomic mass is 10.00. The van der Waals surface area contributed by atoms with Gasteiger partial charge >= 0.3 is 0 Å². The van der Waals surface area contributed by atoms with Crippen molar-refractivity contribution in [2.75, 3.05) is 0 Å². The van der Waals surface area contributed by atoms with Crippen molar-refractivity contribution in [3.05, 3.63) is 89.1 Å². The van der Waals surface area contributed by atoms with Crippen LogP contribution in [0.1, 0.15) is 18.5 Å². The first-order valence-corrected chi connectivity index (χ1v) is 9.15. The third kappa shape index (κ3) is 3.62. The van der Waals surface area contributed by atoms with Crippen LogP contribution in [0.25, 0.3) is 28.2 Å². The number of aromatic nitrogens is 2. The van der Waals surface area contributed by atoms with E-state index in [-0.39, 0.29) is 0 Å². The standard InChI is InChI=1S/C22H17BrN2/c23-19-13-11-18(12-14-19)22-24-20(16-7-3-1-4-8-16)15-21(25-22)17-9-5-2-6-10-17/h1-5,7-9,11-15H,6,10H2. The fourth-order valence-electron chi connectivity index (χ4n) is 2.91. The van der Waals surface area contributed by atoms with Gasteiger partial charge in [0.2, 0.25) is 0 Å². The van der Waals surface area contributed by atoms with Crippen LogP contribution < -0.4 is 0 Å². The van der Waals surface area contributed by atoms with Crippen molar-refractivity contribution in [1.29, 1.82) is 0 Å². The summed E-state index contributed by atoms with van der Waals surface area (Å²) < 4.78 is 1.05. The maximum atomic E-state index is 4.85. The summed E-state index contributed by atoms with van der Waals surface area (Å²) in [4.78, 5) is 9.68. The van der Waals surface area contributed by atoms with Crippen molar-refractivity contribution in [1.82, 2.24) is 9.97 Å². The Morgan fingerprint density at radius 1 is 0.800 bits per heavy atom. The molecule has 1 aromatic heterocycles. The Hall–Kier alpha value is -2.52. The number of benzene rings is 2. The predicted octanol–water partition coefficient (Wildman–Crippen LogP) is 6.31. The molecule has 0 bridgehead atoms. The van der Waals surface area contributed by atoms with Gasteiger partial charge in [0.25, 0.3) is 0 Å². The Kier molecular flexibility index (Phi) is 4.57. The SMILES string of the molecule is Brc1ccc(-c2nc(C3=CC=CCC3)cc(-c3ccccc3)n2)cc1. The lowest BCUT2D eigenvalue weighted by Gasteiger charge is -2.12. The Bertz CT molecular complexity index is 942. The molecule has 0 aliphatic heterocycles. The number of nitrogens with zero attached hydrogens (tertiary/aromatic N) is 2. The molecule has 2 aromatic carbocycles. The Morgan fingerprint density at radius 3 is 2.28 bits per heavy atom. The molecular weight excluding hydrogens is 372 g/mol. The molecule has 4 rings (SSSR count). The van der Waals surface area contributed by atoms with Gasteiger partial charge in [0.05, 0.1) is 11.4 Å². The van der Waals surface area contributed by atoms with Gasteiger partial charge in [-0.2, -0.15) is 0 Å². The maximum Gasteiger partial charge on any atom is 0.160 e. The average molecular weight is 389 g/mol. The van der Waals surface area contributed by atoms with Crippen molar-refractivity contribution < 1.29 is 0 Å². The number of hydrogen-bond donors (Lipinski definition) is 0. The predicted molar refractivity (Wildman–Crippen MR) is 107 cm³/mol. The Morgan fingerprint density at radius 2 is 1.56 bits per heavy atom. The first-order chi connectivity index (χ1) is 12.3. The normalized spacial score (nSPS) is 13.6. The van der Waals surface area contributed by atoms with E-state index in [1.807, 2.05) is 42.5 Å². The zero-order valence-electron chi connectivity index (χ0n) is 13.7. The lowest BCUT2D eigenvalue weighted by molar-refractivity contribution is 1.03. The summed E-state index contributed by atoms with van der Waals surface area (Å²) in [6.45, 7) is 0. The molecule has 0 unspecified atom stereocenters. The fourth-order valence-corrected chi connectivity index (χ4v) is 3.18. The molecule has 0 amide bonds. The zero-order valence-corrected chi connectivity index (χ0v) is 15.3. The van der Waals surface area contributed by atoms with Gasteiger partial charge in [0.1, 0.15) is 0 Å². The summed E-state index contributed by atoms with van der Waals surface area (Å²) in [5.41, 5.74) is 5.36. The van der Waals surface area contributed by atoms with E-state index in [9.17, 15) is 0 Å². The fraction of sp³-hybridized carbons (Fsp3) is 0.0909. The second-order valence-corrected chi connectivity index (χ2v) is 6.91. The van der Waals surface area contributed by atoms with Crippen LogP contribution in [0.5, 0.6) is 0 Å². The highest BCUT2D eigenvalue weighted by molar-refractivity contribution is 9.10. The summed E-state index contributed by atoms with van der Waals surface area (Å²) in [5.74, 6) is 0.763. The van der Waals surface area contributed by atoms with Crippen LogP contribution in [0.4, 0.5) is 0 Å². The minimum absolute atomic E-state index is 0.763. The van der Waals surface area contributed by atoms with Crippen molar-refractivity contribution in [2.45, 2.75) is 12.8 Å². The highest BCUT2D eigenvalue weighted by atomic mass is 79.9. The number of rotatable bonds is 3. The molecule has 0 atom stereocenters. The van der Waals surface area contributed by atoms with E-state index in [0.29, 0.717) is 0 Å². The van der Waals surface area contributed by atoms with Gasteiger partial charge in [-0.1, -0.05) is 76.6 Å². The van der Waals surface area contributed by atoms with Crippen LogP contribution in [0, 0.1) is 0 Å². The highest BCUT2D eigenvalue weighted by Crippen LogP contribution is 2.29. The van der Waals surface area contributed by atoms with Crippen molar-refractivity contribution in [3.8, 4) is 22.6 Å². The van der Waals surface area contributed by atoms with E-state index < -0.39 is 0 Å². The van der Waals surface area contributed by atoms with Gasteiger partial charge in [-0.25, -0.2) is 9.97 Å². The second kappa shape index (κ2) is 7.16. The summed E-state index contributed by atoms with van der Waals surface area (Å²) in [6, 6.07) is 20.5. The largest absolute Gasteiger partial charge is 0.228 e. The Balaban J connectivity index is 1.87. The van der Waals surface area contributed by atoms with Crippen molar-refractivity contribution in [3.63, 3.8) is 0 Å². The molecule has 1 aliphatic rings. The molecule has 2 nitrogen and oxygen atoms in total. The highest BCUT2D eigenvalue weighted by Gasteiger charge is 2.12. The minimum Gasteiger partial charge on any atom is -0.228 e. The smallest absolute Gasteiger partial charge is 0.160 e. The van der Waals surface area contributed by atoms with E-state index >= 15 is 0 Å². The van der Waals surface area contributed by atoms with Crippen LogP contribution in [0.15, 0.2) is 83.4 Å². The Labute approximate surface area is 156 Å². The van der Waals surface area contributed by atoms with Gasteiger partial charge in [0, 0.05) is 15.6 Å². The molecular formula is C22H17BrN2. The van der Waals surface area contributed by atoms with Crippen LogP contribution in [0.3, 0.4) is 0 Å². The van der Waals surface area contributed by atoms with Gasteiger partial charge in [-0.3, -0.25) is 0 Å². The second-order valence-electron chi connectivity index (χ2n) is 5.99. The molecule has 0 spiro atoms. The van der Waals surface area contributed by atoms with E-state index in [1.54, 1.807) is 0 Å². The third-order valence-electron chi connectivity index (χ3n) is 4.24. The van der Waals surface area contributed by atoms with Crippen molar-refractivity contribution in [2.24, 2.45) is 0 Å². The third-order valence-corrected chi connectivity index (χ3v) is 4.77. The summed E-state index contributed by atoms with van der Waals surface area (Å²) >= 11 is 3.49. The molecule has 0 fully saturated rings. The van der Waals surface area contributed by atoms with Gasteiger partial charge in [0.15, 0.2) is 5.82 Å². The van der Waals surface area contributed by atoms with E-state index in [4.69, 9.17) is 9.97 Å². The average Bonchev–Trinajstić information content (AvgIpc) is 2.69. The molecule has 0 radical (unpaired) electrons. The zero-order chi connectivity index (χ0) is 17.1. The molecule has 3 heteroatoms. The molecule has 3 aromatic rings. The maximum absolute atomic E-state index is 4.85. The lowest BCUT2D eigenvalue weighted by Crippen LogP contribution is -1.99. The van der Waals surface area contributed by atoms with E-state index in [1.165, 1.54) is 5.57 Å². The monoisotopic (exact) mass is 388 g/mol. The van der Waals surface area contributed by atoms with Crippen molar-refractivity contribution >= 4 is 21.5 Å². The van der Waals surface area contributed by atoms with Crippen LogP contribution in [-0.4, -0.2) is 9.97 Å². The topological polar surface area (TPSA) is 25.8 Å². The quantitative estimate of drug-likeness (QED) is 0.525. The summed E-state index contributed by atoms with van der Waals surface area (Å²) in [7, 11) is 0. The minimum atomic E-state index is 0.763. The number of hydrogen-bond acceptors (Lipinski definition) is 2.